The largest absolute Gasteiger partial charge is 0.507 e. The summed E-state index contributed by atoms with van der Waals surface area (Å²) >= 11 is 0. The predicted molar refractivity (Wildman–Crippen MR) is 88.5 cm³/mol. The van der Waals surface area contributed by atoms with E-state index in [1.807, 2.05) is 0 Å². The molecule has 2 saturated heterocycles. The Hall–Kier alpha value is -1.66. The molecule has 0 unspecified atom stereocenters. The number of likely N-dealkylation sites (tertiary alicyclic amines) is 1. The molecule has 0 aliphatic carbocycles. The average Bonchev–Trinajstić information content (AvgIpc) is 3.05. The molecule has 1 aromatic rings. The lowest BCUT2D eigenvalue weighted by molar-refractivity contribution is 0.0498. The summed E-state index contributed by atoms with van der Waals surface area (Å²) in [5.41, 5.74) is -0.0102. The van der Waals surface area contributed by atoms with Crippen LogP contribution in [0.1, 0.15) is 36.5 Å². The molecule has 0 radical (unpaired) electrons. The number of hydrogen-bond acceptors (Lipinski definition) is 4. The molecular weight excluding hydrogens is 311 g/mol. The summed E-state index contributed by atoms with van der Waals surface area (Å²) in [7, 11) is 0. The number of benzene rings is 1. The molecule has 0 aromatic heterocycles. The zero-order chi connectivity index (χ0) is 17.1. The SMILES string of the molecule is C[C@@H]1CN(C[C@@H]2CCCO2)CC[C@H]1NC(=O)c1cc(F)ccc1O. The van der Waals surface area contributed by atoms with Gasteiger partial charge in [-0.25, -0.2) is 4.39 Å². The molecule has 2 aliphatic heterocycles. The van der Waals surface area contributed by atoms with Crippen molar-refractivity contribution in [1.82, 2.24) is 10.2 Å². The highest BCUT2D eigenvalue weighted by atomic mass is 19.1. The average molecular weight is 336 g/mol. The molecule has 2 N–H and O–H groups in total. The van der Waals surface area contributed by atoms with Crippen molar-refractivity contribution in [3.05, 3.63) is 29.6 Å². The van der Waals surface area contributed by atoms with Crippen LogP contribution in [0.25, 0.3) is 0 Å². The zero-order valence-electron chi connectivity index (χ0n) is 14.0. The van der Waals surface area contributed by atoms with Crippen LogP contribution in [0.3, 0.4) is 0 Å². The van der Waals surface area contributed by atoms with Crippen LogP contribution in [0.5, 0.6) is 5.75 Å². The number of phenols is 1. The van der Waals surface area contributed by atoms with Crippen molar-refractivity contribution in [2.45, 2.75) is 38.3 Å². The molecule has 3 rings (SSSR count). The monoisotopic (exact) mass is 336 g/mol. The van der Waals surface area contributed by atoms with E-state index in [-0.39, 0.29) is 17.4 Å². The molecule has 2 fully saturated rings. The van der Waals surface area contributed by atoms with E-state index in [1.165, 1.54) is 6.07 Å². The van der Waals surface area contributed by atoms with Crippen molar-refractivity contribution < 1.29 is 19.0 Å². The first-order chi connectivity index (χ1) is 11.5. The minimum absolute atomic E-state index is 0.0102. The van der Waals surface area contributed by atoms with Crippen LogP contribution in [0.15, 0.2) is 18.2 Å². The lowest BCUT2D eigenvalue weighted by Crippen LogP contribution is -2.51. The summed E-state index contributed by atoms with van der Waals surface area (Å²) in [6.45, 7) is 5.74. The first-order valence-electron chi connectivity index (χ1n) is 8.66. The van der Waals surface area contributed by atoms with Gasteiger partial charge in [-0.2, -0.15) is 0 Å². The third-order valence-corrected chi connectivity index (χ3v) is 4.99. The topological polar surface area (TPSA) is 61.8 Å². The van der Waals surface area contributed by atoms with Crippen molar-refractivity contribution in [2.75, 3.05) is 26.2 Å². The highest BCUT2D eigenvalue weighted by Gasteiger charge is 2.30. The van der Waals surface area contributed by atoms with E-state index < -0.39 is 11.7 Å². The third-order valence-electron chi connectivity index (χ3n) is 4.99. The number of phenolic OH excluding ortho intramolecular Hbond substituents is 1. The summed E-state index contributed by atoms with van der Waals surface area (Å²) in [6, 6.07) is 3.44. The molecule has 2 aliphatic rings. The number of nitrogens with one attached hydrogen (secondary N) is 1. The Kier molecular flexibility index (Phi) is 5.36. The van der Waals surface area contributed by atoms with Gasteiger partial charge in [0, 0.05) is 32.3 Å². The molecule has 5 nitrogen and oxygen atoms in total. The second kappa shape index (κ2) is 7.49. The van der Waals surface area contributed by atoms with Crippen LogP contribution < -0.4 is 5.32 Å². The van der Waals surface area contributed by atoms with Crippen LogP contribution in [0.2, 0.25) is 0 Å². The van der Waals surface area contributed by atoms with Crippen LogP contribution in [0, 0.1) is 11.7 Å². The van der Waals surface area contributed by atoms with Gasteiger partial charge in [0.15, 0.2) is 0 Å². The Bertz CT molecular complexity index is 590. The minimum atomic E-state index is -0.530. The number of ether oxygens (including phenoxy) is 1. The normalized spacial score (nSPS) is 28.0. The number of nitrogens with zero attached hydrogens (tertiary/aromatic N) is 1. The van der Waals surface area contributed by atoms with Crippen LogP contribution in [-0.2, 0) is 4.74 Å². The van der Waals surface area contributed by atoms with E-state index in [1.54, 1.807) is 0 Å². The van der Waals surface area contributed by atoms with Gasteiger partial charge in [-0.05, 0) is 43.4 Å². The fourth-order valence-corrected chi connectivity index (χ4v) is 3.62. The van der Waals surface area contributed by atoms with E-state index >= 15 is 0 Å². The Morgan fingerprint density at radius 3 is 3.00 bits per heavy atom. The third kappa shape index (κ3) is 4.05. The summed E-state index contributed by atoms with van der Waals surface area (Å²) in [5.74, 6) is -0.856. The fraction of sp³-hybridized carbons (Fsp3) is 0.611. The van der Waals surface area contributed by atoms with Crippen LogP contribution in [0.4, 0.5) is 4.39 Å². The minimum Gasteiger partial charge on any atom is -0.507 e. The number of rotatable bonds is 4. The number of carbonyl (C=O) groups excluding carboxylic acids is 1. The molecule has 1 amide bonds. The molecule has 24 heavy (non-hydrogen) atoms. The van der Waals surface area contributed by atoms with Gasteiger partial charge < -0.3 is 20.1 Å². The summed E-state index contributed by atoms with van der Waals surface area (Å²) < 4.78 is 19.0. The Labute approximate surface area is 141 Å². The highest BCUT2D eigenvalue weighted by Crippen LogP contribution is 2.22. The molecule has 0 saturated carbocycles. The van der Waals surface area contributed by atoms with Crippen molar-refractivity contribution in [3.8, 4) is 5.75 Å². The summed E-state index contributed by atoms with van der Waals surface area (Å²) in [5, 5.41) is 12.7. The summed E-state index contributed by atoms with van der Waals surface area (Å²) in [4.78, 5) is 14.7. The van der Waals surface area contributed by atoms with Crippen LogP contribution >= 0.6 is 0 Å². The van der Waals surface area contributed by atoms with Gasteiger partial charge in [0.05, 0.1) is 11.7 Å². The van der Waals surface area contributed by atoms with Gasteiger partial charge in [-0.3, -0.25) is 4.79 Å². The second-order valence-corrected chi connectivity index (χ2v) is 6.90. The summed E-state index contributed by atoms with van der Waals surface area (Å²) in [6.07, 6.45) is 3.45. The van der Waals surface area contributed by atoms with Crippen molar-refractivity contribution in [2.24, 2.45) is 5.92 Å². The molecule has 1 aromatic carbocycles. The highest BCUT2D eigenvalue weighted by molar-refractivity contribution is 5.97. The molecule has 132 valence electrons. The Balaban J connectivity index is 1.54. The number of piperidine rings is 1. The smallest absolute Gasteiger partial charge is 0.255 e. The predicted octanol–water partition coefficient (Wildman–Crippen LogP) is 2.15. The van der Waals surface area contributed by atoms with Crippen molar-refractivity contribution in [3.63, 3.8) is 0 Å². The first-order valence-corrected chi connectivity index (χ1v) is 8.66. The maximum atomic E-state index is 13.3. The molecule has 6 heteroatoms. The number of hydrogen-bond donors (Lipinski definition) is 2. The molecular formula is C18H25FN2O3. The van der Waals surface area contributed by atoms with Gasteiger partial charge >= 0.3 is 0 Å². The van der Waals surface area contributed by atoms with Crippen LogP contribution in [-0.4, -0.2) is 54.3 Å². The van der Waals surface area contributed by atoms with Crippen molar-refractivity contribution in [1.29, 1.82) is 0 Å². The van der Waals surface area contributed by atoms with Crippen molar-refractivity contribution >= 4 is 5.91 Å². The van der Waals surface area contributed by atoms with E-state index in [4.69, 9.17) is 4.74 Å². The quantitative estimate of drug-likeness (QED) is 0.884. The maximum absolute atomic E-state index is 13.3. The zero-order valence-corrected chi connectivity index (χ0v) is 14.0. The first kappa shape index (κ1) is 17.2. The lowest BCUT2D eigenvalue weighted by atomic mass is 9.93. The fourth-order valence-electron chi connectivity index (χ4n) is 3.62. The molecule has 0 bridgehead atoms. The van der Waals surface area contributed by atoms with E-state index in [9.17, 15) is 14.3 Å². The van der Waals surface area contributed by atoms with Gasteiger partial charge in [0.2, 0.25) is 0 Å². The number of carbonyl (C=O) groups is 1. The van der Waals surface area contributed by atoms with Gasteiger partial charge in [0.25, 0.3) is 5.91 Å². The van der Waals surface area contributed by atoms with E-state index in [0.717, 1.165) is 57.6 Å². The molecule has 2 heterocycles. The Morgan fingerprint density at radius 1 is 1.46 bits per heavy atom. The van der Waals surface area contributed by atoms with E-state index in [0.29, 0.717) is 12.0 Å². The lowest BCUT2D eigenvalue weighted by Gasteiger charge is -2.38. The standard InChI is InChI=1S/C18H25FN2O3/c1-12-10-21(11-14-3-2-8-24-14)7-6-16(12)20-18(23)15-9-13(19)4-5-17(15)22/h4-5,9,12,14,16,22H,2-3,6-8,10-11H2,1H3,(H,20,23)/t12-,14+,16-/m1/s1. The van der Waals surface area contributed by atoms with Gasteiger partial charge in [-0.15, -0.1) is 0 Å². The molecule has 3 atom stereocenters. The number of aromatic hydroxyl groups is 1. The van der Waals surface area contributed by atoms with Gasteiger partial charge in [-0.1, -0.05) is 6.92 Å². The Morgan fingerprint density at radius 2 is 2.29 bits per heavy atom. The number of halogens is 1. The van der Waals surface area contributed by atoms with Gasteiger partial charge in [0.1, 0.15) is 11.6 Å². The van der Waals surface area contributed by atoms with E-state index in [2.05, 4.69) is 17.1 Å². The molecule has 0 spiro atoms. The maximum Gasteiger partial charge on any atom is 0.255 e. The number of amides is 1. The second-order valence-electron chi connectivity index (χ2n) is 6.90.